The average molecular weight is 282 g/mol. The lowest BCUT2D eigenvalue weighted by Crippen LogP contribution is -2.44. The van der Waals surface area contributed by atoms with Crippen LogP contribution in [-0.2, 0) is 4.74 Å². The monoisotopic (exact) mass is 282 g/mol. The predicted octanol–water partition coefficient (Wildman–Crippen LogP) is 1.14. The maximum Gasteiger partial charge on any atom is 0.191 e. The number of nitrogens with two attached hydrogens (primary N) is 1. The number of aliphatic imine (C=N–C) groups is 1. The van der Waals surface area contributed by atoms with Crippen LogP contribution < -0.4 is 5.73 Å². The van der Waals surface area contributed by atoms with Crippen LogP contribution in [0.5, 0.6) is 0 Å². The zero-order valence-corrected chi connectivity index (χ0v) is 13.1. The molecule has 5 nitrogen and oxygen atoms in total. The molecule has 0 aromatic heterocycles. The minimum Gasteiger partial charge on any atom is -0.381 e. The fourth-order valence-electron chi connectivity index (χ4n) is 3.17. The first-order valence-electron chi connectivity index (χ1n) is 7.99. The molecule has 2 aliphatic heterocycles. The lowest BCUT2D eigenvalue weighted by molar-refractivity contribution is 0.0421. The molecule has 20 heavy (non-hydrogen) atoms. The molecule has 5 heteroatoms. The van der Waals surface area contributed by atoms with Crippen molar-refractivity contribution in [2.75, 3.05) is 46.4 Å². The fourth-order valence-corrected chi connectivity index (χ4v) is 3.17. The van der Waals surface area contributed by atoms with E-state index < -0.39 is 0 Å². The second kappa shape index (κ2) is 7.84. The maximum atomic E-state index is 6.11. The van der Waals surface area contributed by atoms with E-state index in [2.05, 4.69) is 21.7 Å². The van der Waals surface area contributed by atoms with Gasteiger partial charge in [-0.3, -0.25) is 4.99 Å². The van der Waals surface area contributed by atoms with E-state index in [1.807, 2.05) is 7.11 Å². The molecule has 2 aliphatic rings. The second-order valence-corrected chi connectivity index (χ2v) is 6.21. The Labute approximate surface area is 123 Å². The van der Waals surface area contributed by atoms with Crippen LogP contribution in [0, 0.1) is 5.92 Å². The average Bonchev–Trinajstić information content (AvgIpc) is 2.48. The second-order valence-electron chi connectivity index (χ2n) is 6.21. The molecule has 1 atom stereocenters. The zero-order valence-electron chi connectivity index (χ0n) is 13.1. The first-order chi connectivity index (χ1) is 9.69. The van der Waals surface area contributed by atoms with E-state index in [1.165, 1.54) is 12.8 Å². The molecule has 2 N–H and O–H groups in total. The molecule has 2 saturated heterocycles. The van der Waals surface area contributed by atoms with E-state index in [0.29, 0.717) is 6.10 Å². The number of hydrogen-bond donors (Lipinski definition) is 1. The van der Waals surface area contributed by atoms with Gasteiger partial charge in [0.1, 0.15) is 0 Å². The highest BCUT2D eigenvalue weighted by Gasteiger charge is 2.19. The largest absolute Gasteiger partial charge is 0.381 e. The number of likely N-dealkylation sites (tertiary alicyclic amines) is 2. The van der Waals surface area contributed by atoms with Crippen LogP contribution in [0.3, 0.4) is 0 Å². The van der Waals surface area contributed by atoms with E-state index in [-0.39, 0.29) is 0 Å². The molecule has 1 unspecified atom stereocenters. The third-order valence-corrected chi connectivity index (χ3v) is 4.54. The summed E-state index contributed by atoms with van der Waals surface area (Å²) in [7, 11) is 1.81. The third kappa shape index (κ3) is 4.63. The number of ether oxygens (including phenoxy) is 1. The number of nitrogens with zero attached hydrogens (tertiary/aromatic N) is 3. The molecule has 0 saturated carbocycles. The predicted molar refractivity (Wildman–Crippen MR) is 82.9 cm³/mol. The Morgan fingerprint density at radius 3 is 2.65 bits per heavy atom. The smallest absolute Gasteiger partial charge is 0.191 e. The van der Waals surface area contributed by atoms with Gasteiger partial charge in [0.25, 0.3) is 0 Å². The van der Waals surface area contributed by atoms with Crippen molar-refractivity contribution in [1.82, 2.24) is 9.80 Å². The van der Waals surface area contributed by atoms with E-state index >= 15 is 0 Å². The van der Waals surface area contributed by atoms with Crippen LogP contribution in [0.4, 0.5) is 0 Å². The normalized spacial score (nSPS) is 27.0. The van der Waals surface area contributed by atoms with E-state index in [0.717, 1.165) is 64.0 Å². The molecule has 0 aromatic carbocycles. The fraction of sp³-hybridized carbons (Fsp3) is 0.933. The third-order valence-electron chi connectivity index (χ3n) is 4.54. The van der Waals surface area contributed by atoms with Crippen molar-refractivity contribution < 1.29 is 4.74 Å². The van der Waals surface area contributed by atoms with Gasteiger partial charge in [0, 0.05) is 39.8 Å². The zero-order chi connectivity index (χ0) is 14.4. The molecule has 2 fully saturated rings. The number of hydrogen-bond acceptors (Lipinski definition) is 3. The van der Waals surface area contributed by atoms with E-state index in [1.54, 1.807) is 0 Å². The highest BCUT2D eigenvalue weighted by molar-refractivity contribution is 5.78. The molecule has 0 spiro atoms. The van der Waals surface area contributed by atoms with Crippen molar-refractivity contribution in [3.8, 4) is 0 Å². The summed E-state index contributed by atoms with van der Waals surface area (Å²) in [6.45, 7) is 8.49. The van der Waals surface area contributed by atoms with E-state index in [9.17, 15) is 0 Å². The van der Waals surface area contributed by atoms with E-state index in [4.69, 9.17) is 10.5 Å². The number of guanidine groups is 1. The lowest BCUT2D eigenvalue weighted by Gasteiger charge is -2.32. The molecular weight excluding hydrogens is 252 g/mol. The van der Waals surface area contributed by atoms with Gasteiger partial charge in [-0.15, -0.1) is 0 Å². The van der Waals surface area contributed by atoms with Gasteiger partial charge in [0.05, 0.1) is 12.6 Å². The van der Waals surface area contributed by atoms with Crippen LogP contribution in [-0.4, -0.2) is 68.2 Å². The molecule has 0 aliphatic carbocycles. The first-order valence-corrected chi connectivity index (χ1v) is 7.99. The van der Waals surface area contributed by atoms with Gasteiger partial charge in [-0.25, -0.2) is 0 Å². The summed E-state index contributed by atoms with van der Waals surface area (Å²) in [5.74, 6) is 1.48. The van der Waals surface area contributed by atoms with Crippen molar-refractivity contribution in [1.29, 1.82) is 0 Å². The lowest BCUT2D eigenvalue weighted by atomic mass is 10.0. The van der Waals surface area contributed by atoms with Crippen LogP contribution in [0.2, 0.25) is 0 Å². The minimum absolute atomic E-state index is 0.453. The topological polar surface area (TPSA) is 54.1 Å². The Morgan fingerprint density at radius 2 is 2.00 bits per heavy atom. The van der Waals surface area contributed by atoms with Crippen LogP contribution in [0.25, 0.3) is 0 Å². The van der Waals surface area contributed by atoms with Crippen LogP contribution in [0.1, 0.15) is 32.6 Å². The highest BCUT2D eigenvalue weighted by atomic mass is 16.5. The van der Waals surface area contributed by atoms with Gasteiger partial charge in [-0.05, 0) is 31.6 Å². The molecule has 0 bridgehead atoms. The van der Waals surface area contributed by atoms with Crippen molar-refractivity contribution in [3.05, 3.63) is 0 Å². The molecule has 2 heterocycles. The van der Waals surface area contributed by atoms with Crippen molar-refractivity contribution >= 4 is 5.96 Å². The molecule has 116 valence electrons. The number of piperidine rings is 2. The summed E-state index contributed by atoms with van der Waals surface area (Å²) < 4.78 is 5.39. The summed E-state index contributed by atoms with van der Waals surface area (Å²) >= 11 is 0. The Bertz CT molecular complexity index is 313. The summed E-state index contributed by atoms with van der Waals surface area (Å²) in [5, 5.41) is 0. The Kier molecular flexibility index (Phi) is 6.10. The Balaban J connectivity index is 1.67. The minimum atomic E-state index is 0.453. The number of methoxy groups -OCH3 is 1. The molecular formula is C15H30N4O. The van der Waals surface area contributed by atoms with Gasteiger partial charge >= 0.3 is 0 Å². The Morgan fingerprint density at radius 1 is 1.25 bits per heavy atom. The quantitative estimate of drug-likeness (QED) is 0.621. The maximum absolute atomic E-state index is 6.11. The molecule has 0 amide bonds. The Hall–Kier alpha value is -0.810. The summed E-state index contributed by atoms with van der Waals surface area (Å²) in [5.41, 5.74) is 6.11. The summed E-state index contributed by atoms with van der Waals surface area (Å²) in [6, 6.07) is 0. The molecule has 0 aromatic rings. The van der Waals surface area contributed by atoms with Crippen molar-refractivity contribution in [2.24, 2.45) is 16.6 Å². The van der Waals surface area contributed by atoms with Gasteiger partial charge in [-0.1, -0.05) is 6.92 Å². The molecule has 2 rings (SSSR count). The van der Waals surface area contributed by atoms with Gasteiger partial charge < -0.3 is 20.3 Å². The summed E-state index contributed by atoms with van der Waals surface area (Å²) in [6.07, 6.45) is 5.29. The summed E-state index contributed by atoms with van der Waals surface area (Å²) in [4.78, 5) is 9.27. The number of rotatable bonds is 4. The van der Waals surface area contributed by atoms with Crippen molar-refractivity contribution in [2.45, 2.75) is 38.7 Å². The van der Waals surface area contributed by atoms with Crippen LogP contribution >= 0.6 is 0 Å². The van der Waals surface area contributed by atoms with Gasteiger partial charge in [-0.2, -0.15) is 0 Å². The highest BCUT2D eigenvalue weighted by Crippen LogP contribution is 2.15. The SMILES string of the molecule is COC1CCN(CCN=C(N)N2CCCC(C)C2)CC1. The van der Waals surface area contributed by atoms with Gasteiger partial charge in [0.15, 0.2) is 5.96 Å². The first kappa shape index (κ1) is 15.6. The molecule has 0 radical (unpaired) electrons. The van der Waals surface area contributed by atoms with Gasteiger partial charge in [0.2, 0.25) is 0 Å². The van der Waals surface area contributed by atoms with Crippen molar-refractivity contribution in [3.63, 3.8) is 0 Å². The standard InChI is InChI=1S/C15H30N4O/c1-13-4-3-8-19(12-13)15(16)17-7-11-18-9-5-14(20-2)6-10-18/h13-14H,3-12H2,1-2H3,(H2,16,17). The van der Waals surface area contributed by atoms with Crippen LogP contribution in [0.15, 0.2) is 4.99 Å².